The van der Waals surface area contributed by atoms with E-state index in [1.165, 1.54) is 6.07 Å². The first-order chi connectivity index (χ1) is 12.6. The van der Waals surface area contributed by atoms with Crippen LogP contribution >= 0.6 is 11.6 Å². The van der Waals surface area contributed by atoms with E-state index in [4.69, 9.17) is 16.0 Å². The van der Waals surface area contributed by atoms with Gasteiger partial charge in [-0.05, 0) is 46.7 Å². The minimum atomic E-state index is -0.672. The Balaban J connectivity index is 1.70. The van der Waals surface area contributed by atoms with Crippen LogP contribution in [0.1, 0.15) is 15.9 Å². The quantitative estimate of drug-likeness (QED) is 0.414. The lowest BCUT2D eigenvalue weighted by atomic mass is 10.1. The molecule has 0 fully saturated rings. The molecule has 5 heteroatoms. The van der Waals surface area contributed by atoms with Gasteiger partial charge in [-0.2, -0.15) is 0 Å². The number of amides is 1. The molecule has 0 unspecified atom stereocenters. The highest BCUT2D eigenvalue weighted by Gasteiger charge is 2.14. The normalized spacial score (nSPS) is 11.0. The number of hydrogen-bond donors (Lipinski definition) is 1. The van der Waals surface area contributed by atoms with E-state index in [9.17, 15) is 9.59 Å². The average molecular weight is 364 g/mol. The molecular weight excluding hydrogens is 350 g/mol. The van der Waals surface area contributed by atoms with Crippen molar-refractivity contribution in [3.63, 3.8) is 0 Å². The predicted octanol–water partition coefficient (Wildman–Crippen LogP) is 4.94. The lowest BCUT2D eigenvalue weighted by Gasteiger charge is -2.07. The summed E-state index contributed by atoms with van der Waals surface area (Å²) in [5.74, 6) is -0.166. The summed E-state index contributed by atoms with van der Waals surface area (Å²) >= 11 is 5.84. The van der Waals surface area contributed by atoms with Crippen molar-refractivity contribution in [1.82, 2.24) is 0 Å². The van der Waals surface area contributed by atoms with Gasteiger partial charge in [-0.25, -0.2) is 4.79 Å². The first kappa shape index (κ1) is 16.4. The number of rotatable bonds is 3. The van der Waals surface area contributed by atoms with Gasteiger partial charge in [0.25, 0.3) is 5.91 Å². The van der Waals surface area contributed by atoms with Crippen LogP contribution in [0.25, 0.3) is 21.7 Å². The van der Waals surface area contributed by atoms with E-state index >= 15 is 0 Å². The molecule has 1 N–H and O–H groups in total. The van der Waals surface area contributed by atoms with Gasteiger partial charge >= 0.3 is 5.63 Å². The number of benzene rings is 3. The molecule has 4 aromatic rings. The second kappa shape index (κ2) is 6.65. The Morgan fingerprint density at radius 1 is 0.923 bits per heavy atom. The van der Waals surface area contributed by atoms with Crippen LogP contribution in [0.2, 0.25) is 0 Å². The minimum Gasteiger partial charge on any atom is -0.422 e. The Hall–Kier alpha value is -3.11. The highest BCUT2D eigenvalue weighted by molar-refractivity contribution is 6.17. The van der Waals surface area contributed by atoms with E-state index in [2.05, 4.69) is 5.32 Å². The molecule has 3 aromatic carbocycles. The first-order valence-electron chi connectivity index (χ1n) is 8.07. The monoisotopic (exact) mass is 363 g/mol. The maximum Gasteiger partial charge on any atom is 0.349 e. The molecule has 1 heterocycles. The van der Waals surface area contributed by atoms with Crippen molar-refractivity contribution in [3.05, 3.63) is 88.3 Å². The maximum atomic E-state index is 12.6. The third-order valence-corrected chi connectivity index (χ3v) is 4.51. The van der Waals surface area contributed by atoms with Gasteiger partial charge in [-0.15, -0.1) is 11.6 Å². The summed E-state index contributed by atoms with van der Waals surface area (Å²) < 4.78 is 5.26. The van der Waals surface area contributed by atoms with Gasteiger partial charge in [0.2, 0.25) is 0 Å². The summed E-state index contributed by atoms with van der Waals surface area (Å²) in [5, 5.41) is 5.49. The van der Waals surface area contributed by atoms with E-state index < -0.39 is 11.5 Å². The first-order valence-corrected chi connectivity index (χ1v) is 8.60. The van der Waals surface area contributed by atoms with Crippen molar-refractivity contribution < 1.29 is 9.21 Å². The van der Waals surface area contributed by atoms with E-state index in [0.29, 0.717) is 22.5 Å². The molecule has 0 aliphatic carbocycles. The van der Waals surface area contributed by atoms with Crippen molar-refractivity contribution >= 4 is 44.9 Å². The molecule has 0 radical (unpaired) electrons. The van der Waals surface area contributed by atoms with Crippen LogP contribution in [0.5, 0.6) is 0 Å². The Labute approximate surface area is 154 Å². The summed E-state index contributed by atoms with van der Waals surface area (Å²) in [4.78, 5) is 24.8. The van der Waals surface area contributed by atoms with Gasteiger partial charge < -0.3 is 9.73 Å². The van der Waals surface area contributed by atoms with E-state index in [-0.39, 0.29) is 5.56 Å². The summed E-state index contributed by atoms with van der Waals surface area (Å²) in [6, 6.07) is 20.2. The topological polar surface area (TPSA) is 59.3 Å². The molecule has 0 aliphatic heterocycles. The molecule has 0 spiro atoms. The molecule has 1 aromatic heterocycles. The van der Waals surface area contributed by atoms with Crippen molar-refractivity contribution in [2.75, 3.05) is 5.32 Å². The maximum absolute atomic E-state index is 12.6. The van der Waals surface area contributed by atoms with E-state index in [1.807, 2.05) is 36.4 Å². The zero-order valence-electron chi connectivity index (χ0n) is 13.7. The zero-order valence-corrected chi connectivity index (χ0v) is 14.4. The third-order valence-electron chi connectivity index (χ3n) is 4.20. The van der Waals surface area contributed by atoms with Crippen molar-refractivity contribution in [3.8, 4) is 0 Å². The molecule has 4 nitrogen and oxygen atoms in total. The van der Waals surface area contributed by atoms with E-state index in [0.717, 1.165) is 16.3 Å². The average Bonchev–Trinajstić information content (AvgIpc) is 2.67. The van der Waals surface area contributed by atoms with Gasteiger partial charge in [0.05, 0.1) is 0 Å². The van der Waals surface area contributed by atoms with Crippen molar-refractivity contribution in [1.29, 1.82) is 0 Å². The summed E-state index contributed by atoms with van der Waals surface area (Å²) in [5.41, 5.74) is 1.20. The van der Waals surface area contributed by atoms with Crippen LogP contribution in [0, 0.1) is 0 Å². The molecule has 1 amide bonds. The number of anilines is 1. The van der Waals surface area contributed by atoms with Gasteiger partial charge in [0.1, 0.15) is 11.1 Å². The van der Waals surface area contributed by atoms with Gasteiger partial charge in [-0.3, -0.25) is 4.79 Å². The molecular formula is C21H14ClNO3. The molecule has 0 atom stereocenters. The molecule has 128 valence electrons. The van der Waals surface area contributed by atoms with Gasteiger partial charge in [0.15, 0.2) is 0 Å². The van der Waals surface area contributed by atoms with Gasteiger partial charge in [0, 0.05) is 17.0 Å². The highest BCUT2D eigenvalue weighted by atomic mass is 35.5. The number of alkyl halides is 1. The zero-order chi connectivity index (χ0) is 18.1. The predicted molar refractivity (Wildman–Crippen MR) is 104 cm³/mol. The van der Waals surface area contributed by atoms with Crippen LogP contribution in [0.4, 0.5) is 5.69 Å². The van der Waals surface area contributed by atoms with Crippen LogP contribution in [-0.4, -0.2) is 5.91 Å². The second-order valence-corrected chi connectivity index (χ2v) is 6.24. The Morgan fingerprint density at radius 3 is 2.54 bits per heavy atom. The number of carbonyl (C=O) groups excluding carboxylic acids is 1. The van der Waals surface area contributed by atoms with Crippen LogP contribution < -0.4 is 10.9 Å². The fourth-order valence-corrected chi connectivity index (χ4v) is 3.05. The lowest BCUT2D eigenvalue weighted by molar-refractivity contribution is 0.102. The van der Waals surface area contributed by atoms with Gasteiger partial charge in [-0.1, -0.05) is 36.4 Å². The number of fused-ring (bicyclic) bond motifs is 2. The SMILES string of the molecule is O=C(Nc1ccc2ccccc2c1)c1cc2cc(CCl)ccc2oc1=O. The fourth-order valence-electron chi connectivity index (χ4n) is 2.88. The van der Waals surface area contributed by atoms with Crippen molar-refractivity contribution in [2.24, 2.45) is 0 Å². The molecule has 0 saturated heterocycles. The molecule has 0 aliphatic rings. The fraction of sp³-hybridized carbons (Fsp3) is 0.0476. The Kier molecular flexibility index (Phi) is 4.19. The standard InChI is InChI=1S/C21H14ClNO3/c22-12-13-5-8-19-16(9-13)11-18(21(25)26-19)20(24)23-17-7-6-14-3-1-2-4-15(14)10-17/h1-11H,12H2,(H,23,24). The van der Waals surface area contributed by atoms with Crippen LogP contribution in [0.3, 0.4) is 0 Å². The van der Waals surface area contributed by atoms with Crippen molar-refractivity contribution in [2.45, 2.75) is 5.88 Å². The second-order valence-electron chi connectivity index (χ2n) is 5.97. The summed E-state index contributed by atoms with van der Waals surface area (Å²) in [6.45, 7) is 0. The largest absolute Gasteiger partial charge is 0.422 e. The molecule has 4 rings (SSSR count). The summed E-state index contributed by atoms with van der Waals surface area (Å²) in [6.07, 6.45) is 0. The molecule has 0 saturated carbocycles. The number of carbonyl (C=O) groups is 1. The summed E-state index contributed by atoms with van der Waals surface area (Å²) in [7, 11) is 0. The van der Waals surface area contributed by atoms with Crippen LogP contribution in [-0.2, 0) is 5.88 Å². The third kappa shape index (κ3) is 3.07. The smallest absolute Gasteiger partial charge is 0.349 e. The van der Waals surface area contributed by atoms with E-state index in [1.54, 1.807) is 24.3 Å². The highest BCUT2D eigenvalue weighted by Crippen LogP contribution is 2.20. The minimum absolute atomic E-state index is 0.0441. The molecule has 26 heavy (non-hydrogen) atoms. The molecule has 0 bridgehead atoms. The Morgan fingerprint density at radius 2 is 1.73 bits per heavy atom. The lowest BCUT2D eigenvalue weighted by Crippen LogP contribution is -2.20. The number of nitrogens with one attached hydrogen (secondary N) is 1. The number of hydrogen-bond acceptors (Lipinski definition) is 3. The Bertz CT molecular complexity index is 1200. The number of halogens is 1. The van der Waals surface area contributed by atoms with Crippen LogP contribution in [0.15, 0.2) is 75.9 Å².